The number of hydrogen-bond acceptors (Lipinski definition) is 5. The Labute approximate surface area is 153 Å². The van der Waals surface area contributed by atoms with Crippen molar-refractivity contribution in [3.8, 4) is 11.4 Å². The molecule has 0 spiro atoms. The summed E-state index contributed by atoms with van der Waals surface area (Å²) in [5, 5.41) is 20.2. The Hall–Kier alpha value is -3.62. The highest BCUT2D eigenvalue weighted by Crippen LogP contribution is 2.25. The fraction of sp³-hybridized carbons (Fsp3) is 0.167. The van der Waals surface area contributed by atoms with Crippen molar-refractivity contribution in [2.75, 3.05) is 5.32 Å². The van der Waals surface area contributed by atoms with Crippen molar-refractivity contribution in [3.05, 3.63) is 69.8 Å². The van der Waals surface area contributed by atoms with Crippen LogP contribution in [0.4, 0.5) is 15.8 Å². The van der Waals surface area contributed by atoms with Gasteiger partial charge < -0.3 is 5.32 Å². The van der Waals surface area contributed by atoms with Gasteiger partial charge in [-0.1, -0.05) is 12.1 Å². The third kappa shape index (κ3) is 3.97. The number of nitrogens with zero attached hydrogens (tertiary/aromatic N) is 3. The monoisotopic (exact) mass is 369 g/mol. The van der Waals surface area contributed by atoms with Gasteiger partial charge in [0, 0.05) is 22.9 Å². The number of nitro benzene ring substituents is 1. The topological polar surface area (TPSA) is 114 Å². The van der Waals surface area contributed by atoms with Crippen LogP contribution in [-0.2, 0) is 4.79 Å². The molecule has 0 aliphatic heterocycles. The van der Waals surface area contributed by atoms with Crippen molar-refractivity contribution in [2.45, 2.75) is 19.8 Å². The van der Waals surface area contributed by atoms with Crippen molar-refractivity contribution < 1.29 is 14.1 Å². The average Bonchev–Trinajstić information content (AvgIpc) is 3.07. The van der Waals surface area contributed by atoms with Gasteiger partial charge in [-0.25, -0.2) is 9.37 Å². The van der Waals surface area contributed by atoms with Crippen molar-refractivity contribution in [1.82, 2.24) is 15.2 Å². The van der Waals surface area contributed by atoms with E-state index in [2.05, 4.69) is 20.5 Å². The number of halogens is 1. The molecule has 8 nitrogen and oxygen atoms in total. The van der Waals surface area contributed by atoms with E-state index in [1.165, 1.54) is 19.1 Å². The van der Waals surface area contributed by atoms with Crippen LogP contribution in [0.1, 0.15) is 24.2 Å². The minimum absolute atomic E-state index is 0.0823. The summed E-state index contributed by atoms with van der Waals surface area (Å²) in [6.45, 7) is 3.31. The van der Waals surface area contributed by atoms with E-state index >= 15 is 0 Å². The van der Waals surface area contributed by atoms with Gasteiger partial charge in [0.15, 0.2) is 5.82 Å². The van der Waals surface area contributed by atoms with Gasteiger partial charge in [0.1, 0.15) is 11.6 Å². The molecule has 0 saturated carbocycles. The Balaban J connectivity index is 1.78. The van der Waals surface area contributed by atoms with Crippen molar-refractivity contribution in [2.24, 2.45) is 0 Å². The summed E-state index contributed by atoms with van der Waals surface area (Å²) < 4.78 is 14.1. The van der Waals surface area contributed by atoms with Crippen LogP contribution in [0.15, 0.2) is 42.5 Å². The third-order valence-corrected chi connectivity index (χ3v) is 4.04. The number of nitro groups is 1. The molecule has 3 aromatic rings. The van der Waals surface area contributed by atoms with E-state index < -0.39 is 22.6 Å². The molecule has 9 heteroatoms. The number of rotatable bonds is 5. The number of anilines is 1. The maximum Gasteiger partial charge on any atom is 0.272 e. The first-order chi connectivity index (χ1) is 12.8. The predicted molar refractivity (Wildman–Crippen MR) is 96.7 cm³/mol. The maximum absolute atomic E-state index is 14.1. The van der Waals surface area contributed by atoms with E-state index in [9.17, 15) is 19.3 Å². The van der Waals surface area contributed by atoms with Gasteiger partial charge in [-0.2, -0.15) is 5.10 Å². The molecule has 3 rings (SSSR count). The second-order valence-electron chi connectivity index (χ2n) is 6.00. The second-order valence-corrected chi connectivity index (χ2v) is 6.00. The van der Waals surface area contributed by atoms with Crippen LogP contribution in [-0.4, -0.2) is 26.0 Å². The van der Waals surface area contributed by atoms with E-state index in [1.807, 2.05) is 0 Å². The molecule has 1 amide bonds. The zero-order chi connectivity index (χ0) is 19.6. The molecule has 2 N–H and O–H groups in total. The molecule has 0 unspecified atom stereocenters. The first kappa shape index (κ1) is 18.2. The molecule has 0 saturated heterocycles. The molecule has 1 atom stereocenters. The number of aromatic nitrogens is 3. The number of amides is 1. The van der Waals surface area contributed by atoms with Crippen LogP contribution >= 0.6 is 0 Å². The number of non-ortho nitro benzene ring substituents is 1. The van der Waals surface area contributed by atoms with Crippen LogP contribution in [0.5, 0.6) is 0 Å². The van der Waals surface area contributed by atoms with Gasteiger partial charge >= 0.3 is 0 Å². The van der Waals surface area contributed by atoms with Gasteiger partial charge in [-0.05, 0) is 32.0 Å². The number of carbonyl (C=O) groups excluding carboxylic acids is 1. The van der Waals surface area contributed by atoms with Crippen molar-refractivity contribution >= 4 is 17.3 Å². The number of carbonyl (C=O) groups is 1. The average molecular weight is 369 g/mol. The number of H-pyrrole nitrogens is 1. The molecule has 0 fully saturated rings. The molecule has 0 radical (unpaired) electrons. The quantitative estimate of drug-likeness (QED) is 0.527. The number of aromatic amines is 1. The summed E-state index contributed by atoms with van der Waals surface area (Å²) in [6, 6.07) is 10.2. The number of hydrogen-bond donors (Lipinski definition) is 2. The minimum atomic E-state index is -0.833. The smallest absolute Gasteiger partial charge is 0.272 e. The Morgan fingerprint density at radius 1 is 1.30 bits per heavy atom. The van der Waals surface area contributed by atoms with E-state index in [-0.39, 0.29) is 11.3 Å². The second kappa shape index (κ2) is 7.32. The van der Waals surface area contributed by atoms with E-state index in [0.717, 1.165) is 6.07 Å². The highest BCUT2D eigenvalue weighted by Gasteiger charge is 2.21. The number of nitrogens with one attached hydrogen (secondary N) is 2. The van der Waals surface area contributed by atoms with Crippen molar-refractivity contribution in [1.29, 1.82) is 0 Å². The van der Waals surface area contributed by atoms with Crippen LogP contribution in [0.3, 0.4) is 0 Å². The fourth-order valence-electron chi connectivity index (χ4n) is 2.58. The minimum Gasteiger partial charge on any atom is -0.326 e. The van der Waals surface area contributed by atoms with Crippen LogP contribution in [0, 0.1) is 22.9 Å². The first-order valence-corrected chi connectivity index (χ1v) is 8.09. The zero-order valence-electron chi connectivity index (χ0n) is 14.6. The molecule has 27 heavy (non-hydrogen) atoms. The molecule has 0 aliphatic rings. The fourth-order valence-corrected chi connectivity index (χ4v) is 2.58. The summed E-state index contributed by atoms with van der Waals surface area (Å²) in [5.41, 5.74) is 0.942. The Kier molecular flexibility index (Phi) is 4.93. The standard InChI is InChI=1S/C18H16FN5O3/c1-10(15-7-6-14(24(26)27)9-16(15)19)18(25)21-13-5-3-4-12(8-13)17-20-11(2)22-23-17/h3-10H,1-2H3,(H,21,25)(H,20,22,23)/t10-/m1/s1. The summed E-state index contributed by atoms with van der Waals surface area (Å²) in [5.74, 6) is -0.900. The first-order valence-electron chi connectivity index (χ1n) is 8.09. The van der Waals surface area contributed by atoms with Crippen molar-refractivity contribution in [3.63, 3.8) is 0 Å². The Bertz CT molecular complexity index is 1020. The predicted octanol–water partition coefficient (Wildman–Crippen LogP) is 3.57. The van der Waals surface area contributed by atoms with Gasteiger partial charge in [0.2, 0.25) is 5.91 Å². The van der Waals surface area contributed by atoms with Gasteiger partial charge in [0.25, 0.3) is 5.69 Å². The lowest BCUT2D eigenvalue weighted by Gasteiger charge is -2.13. The normalized spacial score (nSPS) is 11.8. The van der Waals surface area contributed by atoms with E-state index in [4.69, 9.17) is 0 Å². The third-order valence-electron chi connectivity index (χ3n) is 4.04. The lowest BCUT2D eigenvalue weighted by Crippen LogP contribution is -2.19. The molecule has 2 aromatic carbocycles. The lowest BCUT2D eigenvalue weighted by molar-refractivity contribution is -0.385. The number of aryl methyl sites for hydroxylation is 1. The van der Waals surface area contributed by atoms with Crippen LogP contribution < -0.4 is 5.32 Å². The summed E-state index contributed by atoms with van der Waals surface area (Å²) in [7, 11) is 0. The lowest BCUT2D eigenvalue weighted by atomic mass is 9.99. The van der Waals surface area contributed by atoms with Crippen LogP contribution in [0.2, 0.25) is 0 Å². The molecular formula is C18H16FN5O3. The highest BCUT2D eigenvalue weighted by molar-refractivity contribution is 5.96. The van der Waals surface area contributed by atoms with Gasteiger partial charge in [0.05, 0.1) is 16.9 Å². The largest absolute Gasteiger partial charge is 0.326 e. The summed E-state index contributed by atoms with van der Waals surface area (Å²) in [6.07, 6.45) is 0. The molecular weight excluding hydrogens is 353 g/mol. The molecule has 0 aliphatic carbocycles. The summed E-state index contributed by atoms with van der Waals surface area (Å²) in [4.78, 5) is 26.7. The zero-order valence-corrected chi connectivity index (χ0v) is 14.6. The molecule has 0 bridgehead atoms. The SMILES string of the molecule is Cc1nc(-c2cccc(NC(=O)[C@H](C)c3ccc([N+](=O)[O-])cc3F)c2)n[nH]1. The molecule has 138 valence electrons. The molecule has 1 aromatic heterocycles. The summed E-state index contributed by atoms with van der Waals surface area (Å²) >= 11 is 0. The van der Waals surface area contributed by atoms with Gasteiger partial charge in [-0.15, -0.1) is 0 Å². The number of benzene rings is 2. The van der Waals surface area contributed by atoms with Gasteiger partial charge in [-0.3, -0.25) is 20.0 Å². The highest BCUT2D eigenvalue weighted by atomic mass is 19.1. The van der Waals surface area contributed by atoms with E-state index in [1.54, 1.807) is 31.2 Å². The Morgan fingerprint density at radius 2 is 2.07 bits per heavy atom. The van der Waals surface area contributed by atoms with E-state index in [0.29, 0.717) is 22.9 Å². The molecule has 1 heterocycles. The Morgan fingerprint density at radius 3 is 2.70 bits per heavy atom. The van der Waals surface area contributed by atoms with Crippen LogP contribution in [0.25, 0.3) is 11.4 Å². The maximum atomic E-state index is 14.1.